The highest BCUT2D eigenvalue weighted by molar-refractivity contribution is 6.34. The van der Waals surface area contributed by atoms with Crippen LogP contribution in [0.1, 0.15) is 15.9 Å². The zero-order valence-corrected chi connectivity index (χ0v) is 13.3. The Bertz CT molecular complexity index is 818. The van der Waals surface area contributed by atoms with Gasteiger partial charge in [-0.25, -0.2) is 10.2 Å². The molecule has 2 amide bonds. The van der Waals surface area contributed by atoms with Crippen LogP contribution in [0.15, 0.2) is 53.6 Å². The molecule has 0 aliphatic rings. The zero-order valence-electron chi connectivity index (χ0n) is 13.3. The summed E-state index contributed by atoms with van der Waals surface area (Å²) in [5, 5.41) is 3.59. The van der Waals surface area contributed by atoms with Gasteiger partial charge in [0, 0.05) is 0 Å². The highest BCUT2D eigenvalue weighted by Crippen LogP contribution is 2.28. The number of hydrazone groups is 1. The molecule has 0 aliphatic carbocycles. The monoisotopic (exact) mass is 341 g/mol. The average molecular weight is 341 g/mol. The van der Waals surface area contributed by atoms with Gasteiger partial charge in [0.25, 0.3) is 0 Å². The van der Waals surface area contributed by atoms with Crippen LogP contribution in [0.5, 0.6) is 11.5 Å². The van der Waals surface area contributed by atoms with E-state index in [1.807, 2.05) is 5.43 Å². The lowest BCUT2D eigenvalue weighted by Crippen LogP contribution is -2.32. The van der Waals surface area contributed by atoms with Crippen molar-refractivity contribution in [2.24, 2.45) is 10.8 Å². The highest BCUT2D eigenvalue weighted by Gasteiger charge is 2.12. The Hall–Kier alpha value is -3.68. The molecule has 0 aliphatic heterocycles. The number of carbonyl (C=O) groups is 3. The van der Waals surface area contributed by atoms with E-state index in [2.05, 4.69) is 5.10 Å². The van der Waals surface area contributed by atoms with Crippen molar-refractivity contribution in [3.63, 3.8) is 0 Å². The number of hydrogen-bond donors (Lipinski definition) is 2. The standard InChI is InChI=1S/C17H15N3O5/c1-24-14-9-11(10-19-20-16(22)15(18)21)7-8-13(14)25-17(23)12-5-3-2-4-6-12/h2-10H,1H3,(H2,18,21)(H,20,22)/b19-10+. The van der Waals surface area contributed by atoms with Gasteiger partial charge in [-0.3, -0.25) is 9.59 Å². The molecule has 0 saturated carbocycles. The van der Waals surface area contributed by atoms with E-state index in [1.54, 1.807) is 42.5 Å². The van der Waals surface area contributed by atoms with Crippen molar-refractivity contribution in [3.05, 3.63) is 59.7 Å². The maximum absolute atomic E-state index is 12.1. The van der Waals surface area contributed by atoms with E-state index in [0.717, 1.165) is 0 Å². The van der Waals surface area contributed by atoms with Crippen molar-refractivity contribution in [1.82, 2.24) is 5.43 Å². The summed E-state index contributed by atoms with van der Waals surface area (Å²) in [4.78, 5) is 33.6. The van der Waals surface area contributed by atoms with Gasteiger partial charge in [-0.05, 0) is 35.9 Å². The second-order valence-corrected chi connectivity index (χ2v) is 4.73. The fourth-order valence-corrected chi connectivity index (χ4v) is 1.80. The molecular formula is C17H15N3O5. The summed E-state index contributed by atoms with van der Waals surface area (Å²) in [6.45, 7) is 0. The molecule has 0 atom stereocenters. The molecule has 3 N–H and O–H groups in total. The minimum atomic E-state index is -1.14. The number of ether oxygens (including phenoxy) is 2. The molecule has 2 aromatic carbocycles. The van der Waals surface area contributed by atoms with Crippen molar-refractivity contribution >= 4 is 24.0 Å². The number of amides is 2. The number of nitrogens with two attached hydrogens (primary N) is 1. The molecular weight excluding hydrogens is 326 g/mol. The van der Waals surface area contributed by atoms with Gasteiger partial charge in [0.1, 0.15) is 0 Å². The summed E-state index contributed by atoms with van der Waals surface area (Å²) in [5.41, 5.74) is 7.70. The fraction of sp³-hybridized carbons (Fsp3) is 0.0588. The third kappa shape index (κ3) is 4.90. The van der Waals surface area contributed by atoms with Gasteiger partial charge in [-0.1, -0.05) is 18.2 Å². The van der Waals surface area contributed by atoms with Crippen LogP contribution in [-0.2, 0) is 9.59 Å². The van der Waals surface area contributed by atoms with Crippen molar-refractivity contribution in [2.75, 3.05) is 7.11 Å². The number of methoxy groups -OCH3 is 1. The first-order valence-corrected chi connectivity index (χ1v) is 7.09. The van der Waals surface area contributed by atoms with Crippen LogP contribution in [0, 0.1) is 0 Å². The van der Waals surface area contributed by atoms with Crippen molar-refractivity contribution in [1.29, 1.82) is 0 Å². The number of carbonyl (C=O) groups excluding carboxylic acids is 3. The Balaban J connectivity index is 2.11. The molecule has 0 radical (unpaired) electrons. The number of rotatable bonds is 5. The number of esters is 1. The van der Waals surface area contributed by atoms with Crippen LogP contribution in [0.3, 0.4) is 0 Å². The van der Waals surface area contributed by atoms with Crippen molar-refractivity contribution in [2.45, 2.75) is 0 Å². The molecule has 2 aromatic rings. The Morgan fingerprint density at radius 3 is 2.44 bits per heavy atom. The smallest absolute Gasteiger partial charge is 0.343 e. The Morgan fingerprint density at radius 1 is 1.08 bits per heavy atom. The summed E-state index contributed by atoms with van der Waals surface area (Å²) in [5.74, 6) is -2.16. The molecule has 0 aromatic heterocycles. The number of nitrogens with zero attached hydrogens (tertiary/aromatic N) is 1. The van der Waals surface area contributed by atoms with E-state index in [4.69, 9.17) is 15.2 Å². The summed E-state index contributed by atoms with van der Waals surface area (Å²) in [7, 11) is 1.42. The molecule has 0 saturated heterocycles. The molecule has 8 nitrogen and oxygen atoms in total. The quantitative estimate of drug-likeness (QED) is 0.275. The van der Waals surface area contributed by atoms with E-state index in [1.165, 1.54) is 19.4 Å². The first-order valence-electron chi connectivity index (χ1n) is 7.09. The Labute approximate surface area is 143 Å². The minimum Gasteiger partial charge on any atom is -0.493 e. The third-order valence-corrected chi connectivity index (χ3v) is 3.00. The SMILES string of the molecule is COc1cc(/C=N/NC(=O)C(N)=O)ccc1OC(=O)c1ccccc1. The zero-order chi connectivity index (χ0) is 18.2. The van der Waals surface area contributed by atoms with E-state index in [-0.39, 0.29) is 5.75 Å². The lowest BCUT2D eigenvalue weighted by molar-refractivity contribution is -0.137. The van der Waals surface area contributed by atoms with Gasteiger partial charge in [-0.2, -0.15) is 5.10 Å². The van der Waals surface area contributed by atoms with E-state index >= 15 is 0 Å². The largest absolute Gasteiger partial charge is 0.493 e. The Kier molecular flexibility index (Phi) is 5.83. The summed E-state index contributed by atoms with van der Waals surface area (Å²) >= 11 is 0. The first-order chi connectivity index (χ1) is 12.0. The molecule has 0 unspecified atom stereocenters. The second kappa shape index (κ2) is 8.25. The number of benzene rings is 2. The maximum atomic E-state index is 12.1. The predicted molar refractivity (Wildman–Crippen MR) is 89.3 cm³/mol. The Morgan fingerprint density at radius 2 is 1.80 bits per heavy atom. The van der Waals surface area contributed by atoms with Crippen molar-refractivity contribution < 1.29 is 23.9 Å². The number of hydrogen-bond acceptors (Lipinski definition) is 6. The molecule has 0 spiro atoms. The average Bonchev–Trinajstić information content (AvgIpc) is 2.63. The normalized spacial score (nSPS) is 10.3. The van der Waals surface area contributed by atoms with Crippen LogP contribution in [0.4, 0.5) is 0 Å². The highest BCUT2D eigenvalue weighted by atomic mass is 16.6. The molecule has 0 heterocycles. The second-order valence-electron chi connectivity index (χ2n) is 4.73. The first kappa shape index (κ1) is 17.7. The van der Waals surface area contributed by atoms with Gasteiger partial charge >= 0.3 is 17.8 Å². The topological polar surface area (TPSA) is 120 Å². The lowest BCUT2D eigenvalue weighted by atomic mass is 10.2. The fourth-order valence-electron chi connectivity index (χ4n) is 1.80. The van der Waals surface area contributed by atoms with Gasteiger partial charge in [0.05, 0.1) is 18.9 Å². The van der Waals surface area contributed by atoms with E-state index in [0.29, 0.717) is 16.9 Å². The summed E-state index contributed by atoms with van der Waals surface area (Å²) in [6.07, 6.45) is 1.28. The van der Waals surface area contributed by atoms with Crippen molar-refractivity contribution in [3.8, 4) is 11.5 Å². The number of primary amides is 1. The van der Waals surface area contributed by atoms with Gasteiger partial charge in [0.2, 0.25) is 0 Å². The third-order valence-electron chi connectivity index (χ3n) is 3.00. The maximum Gasteiger partial charge on any atom is 0.343 e. The molecule has 128 valence electrons. The van der Waals surface area contributed by atoms with Gasteiger partial charge in [-0.15, -0.1) is 0 Å². The van der Waals surface area contributed by atoms with Crippen LogP contribution in [0.25, 0.3) is 0 Å². The van der Waals surface area contributed by atoms with Gasteiger partial charge < -0.3 is 15.2 Å². The lowest BCUT2D eigenvalue weighted by Gasteiger charge is -2.09. The molecule has 0 fully saturated rings. The summed E-state index contributed by atoms with van der Waals surface area (Å²) < 4.78 is 10.5. The molecule has 0 bridgehead atoms. The van der Waals surface area contributed by atoms with Crippen LogP contribution in [0.2, 0.25) is 0 Å². The predicted octanol–water partition coefficient (Wildman–Crippen LogP) is 0.850. The summed E-state index contributed by atoms with van der Waals surface area (Å²) in [6, 6.07) is 13.2. The van der Waals surface area contributed by atoms with Gasteiger partial charge in [0.15, 0.2) is 11.5 Å². The van der Waals surface area contributed by atoms with E-state index in [9.17, 15) is 14.4 Å². The molecule has 8 heteroatoms. The minimum absolute atomic E-state index is 0.231. The molecule has 2 rings (SSSR count). The molecule has 25 heavy (non-hydrogen) atoms. The van der Waals surface area contributed by atoms with Crippen LogP contribution < -0.4 is 20.6 Å². The van der Waals surface area contributed by atoms with E-state index < -0.39 is 17.8 Å². The van der Waals surface area contributed by atoms with Crippen LogP contribution in [-0.4, -0.2) is 31.1 Å². The number of nitrogens with one attached hydrogen (secondary N) is 1. The van der Waals surface area contributed by atoms with Crippen LogP contribution >= 0.6 is 0 Å².